The van der Waals surface area contributed by atoms with Crippen molar-refractivity contribution in [3.05, 3.63) is 59.2 Å². The van der Waals surface area contributed by atoms with Crippen LogP contribution in [0.15, 0.2) is 47.5 Å². The number of ether oxygens (including phenoxy) is 1. The van der Waals surface area contributed by atoms with E-state index in [4.69, 9.17) is 9.73 Å². The second kappa shape index (κ2) is 9.42. The molecule has 0 atom stereocenters. The summed E-state index contributed by atoms with van der Waals surface area (Å²) < 4.78 is 5.43. The van der Waals surface area contributed by atoms with E-state index in [9.17, 15) is 5.11 Å². The molecule has 0 saturated carbocycles. The molecule has 1 aliphatic heterocycles. The van der Waals surface area contributed by atoms with E-state index < -0.39 is 0 Å². The van der Waals surface area contributed by atoms with Crippen molar-refractivity contribution in [3.8, 4) is 5.75 Å². The Kier molecular flexibility index (Phi) is 6.71. The van der Waals surface area contributed by atoms with E-state index in [1.54, 1.807) is 12.1 Å². The molecule has 0 saturated heterocycles. The summed E-state index contributed by atoms with van der Waals surface area (Å²) in [7, 11) is 0. The number of guanidine groups is 1. The Labute approximate surface area is 161 Å². The summed E-state index contributed by atoms with van der Waals surface area (Å²) in [4.78, 5) is 7.14. The van der Waals surface area contributed by atoms with Crippen LogP contribution in [0.25, 0.3) is 0 Å². The molecule has 27 heavy (non-hydrogen) atoms. The molecule has 0 spiro atoms. The monoisotopic (exact) mass is 367 g/mol. The molecule has 0 bridgehead atoms. The smallest absolute Gasteiger partial charge is 0.198 e. The van der Waals surface area contributed by atoms with Crippen molar-refractivity contribution in [2.45, 2.75) is 33.2 Å². The summed E-state index contributed by atoms with van der Waals surface area (Å²) in [6.07, 6.45) is 1.92. The Bertz CT molecular complexity index is 789. The third kappa shape index (κ3) is 5.23. The summed E-state index contributed by atoms with van der Waals surface area (Å²) in [6.45, 7) is 7.97. The highest BCUT2D eigenvalue weighted by Crippen LogP contribution is 2.23. The van der Waals surface area contributed by atoms with E-state index in [2.05, 4.69) is 34.5 Å². The zero-order valence-electron chi connectivity index (χ0n) is 16.2. The molecular weight excluding hydrogens is 338 g/mol. The molecule has 5 heteroatoms. The second-order valence-electron chi connectivity index (χ2n) is 6.82. The van der Waals surface area contributed by atoms with Gasteiger partial charge in [-0.3, -0.25) is 4.99 Å². The number of hydrogen-bond acceptors (Lipinski definition) is 3. The first kappa shape index (κ1) is 19.2. The van der Waals surface area contributed by atoms with Gasteiger partial charge < -0.3 is 20.1 Å². The van der Waals surface area contributed by atoms with Crippen LogP contribution < -0.4 is 5.32 Å². The fourth-order valence-electron chi connectivity index (χ4n) is 3.30. The van der Waals surface area contributed by atoms with Crippen molar-refractivity contribution < 1.29 is 9.84 Å². The molecule has 5 nitrogen and oxygen atoms in total. The van der Waals surface area contributed by atoms with Crippen LogP contribution in [0, 0.1) is 6.92 Å². The van der Waals surface area contributed by atoms with Crippen LogP contribution in [0.4, 0.5) is 5.69 Å². The van der Waals surface area contributed by atoms with E-state index in [1.807, 2.05) is 19.9 Å². The third-order valence-electron chi connectivity index (χ3n) is 4.80. The molecule has 0 radical (unpaired) electrons. The van der Waals surface area contributed by atoms with E-state index in [0.29, 0.717) is 0 Å². The van der Waals surface area contributed by atoms with Gasteiger partial charge in [-0.2, -0.15) is 0 Å². The van der Waals surface area contributed by atoms with Crippen LogP contribution in [0.1, 0.15) is 30.0 Å². The molecule has 3 rings (SSSR count). The molecule has 0 aromatic heterocycles. The first-order valence-electron chi connectivity index (χ1n) is 9.68. The van der Waals surface area contributed by atoms with Gasteiger partial charge in [0.1, 0.15) is 5.75 Å². The number of phenolic OH excluding ortho intramolecular Hbond substituents is 1. The lowest BCUT2D eigenvalue weighted by molar-refractivity contribution is 0.146. The number of nitrogens with one attached hydrogen (secondary N) is 1. The topological polar surface area (TPSA) is 57.1 Å². The highest BCUT2D eigenvalue weighted by Gasteiger charge is 2.19. The van der Waals surface area contributed by atoms with Crippen molar-refractivity contribution in [2.24, 2.45) is 4.99 Å². The van der Waals surface area contributed by atoms with Crippen LogP contribution in [0.3, 0.4) is 0 Å². The minimum atomic E-state index is 0.278. The minimum Gasteiger partial charge on any atom is -0.508 e. The maximum Gasteiger partial charge on any atom is 0.198 e. The van der Waals surface area contributed by atoms with Gasteiger partial charge in [0.2, 0.25) is 0 Å². The van der Waals surface area contributed by atoms with Gasteiger partial charge in [0.25, 0.3) is 0 Å². The quantitative estimate of drug-likeness (QED) is 0.351. The van der Waals surface area contributed by atoms with Crippen LogP contribution >= 0.6 is 0 Å². The van der Waals surface area contributed by atoms with Crippen LogP contribution in [0.5, 0.6) is 5.75 Å². The van der Waals surface area contributed by atoms with E-state index >= 15 is 0 Å². The maximum absolute atomic E-state index is 9.67. The van der Waals surface area contributed by atoms with Gasteiger partial charge in [0.15, 0.2) is 5.96 Å². The van der Waals surface area contributed by atoms with E-state index in [0.717, 1.165) is 62.9 Å². The van der Waals surface area contributed by atoms with Crippen LogP contribution in [-0.2, 0) is 17.7 Å². The number of phenols is 1. The van der Waals surface area contributed by atoms with Gasteiger partial charge >= 0.3 is 0 Å². The molecule has 1 aliphatic rings. The molecular formula is C22H29N3O2. The summed E-state index contributed by atoms with van der Waals surface area (Å²) in [5.41, 5.74) is 4.74. The number of anilines is 1. The lowest BCUT2D eigenvalue weighted by Crippen LogP contribution is -2.40. The summed E-state index contributed by atoms with van der Waals surface area (Å²) >= 11 is 0. The Hall–Kier alpha value is -2.53. The highest BCUT2D eigenvalue weighted by molar-refractivity contribution is 5.94. The summed E-state index contributed by atoms with van der Waals surface area (Å²) in [5.74, 6) is 1.16. The van der Waals surface area contributed by atoms with Gasteiger partial charge in [0.05, 0.1) is 0 Å². The van der Waals surface area contributed by atoms with Crippen molar-refractivity contribution in [1.82, 2.24) is 4.90 Å². The Morgan fingerprint density at radius 1 is 1.22 bits per heavy atom. The molecule has 2 aromatic carbocycles. The number of rotatable bonds is 6. The zero-order chi connectivity index (χ0) is 19.1. The molecule has 0 amide bonds. The van der Waals surface area contributed by atoms with Crippen LogP contribution in [-0.4, -0.2) is 42.3 Å². The molecule has 144 valence electrons. The van der Waals surface area contributed by atoms with Crippen molar-refractivity contribution in [3.63, 3.8) is 0 Å². The largest absolute Gasteiger partial charge is 0.508 e. The summed E-state index contributed by atoms with van der Waals surface area (Å²) in [5, 5.41) is 13.2. The van der Waals surface area contributed by atoms with Gasteiger partial charge in [-0.15, -0.1) is 0 Å². The maximum atomic E-state index is 9.67. The second-order valence-corrected chi connectivity index (χ2v) is 6.82. The fourth-order valence-corrected chi connectivity index (χ4v) is 3.30. The van der Waals surface area contributed by atoms with Crippen LogP contribution in [0.2, 0.25) is 0 Å². The van der Waals surface area contributed by atoms with Gasteiger partial charge in [-0.25, -0.2) is 0 Å². The van der Waals surface area contributed by atoms with Crippen molar-refractivity contribution >= 4 is 11.6 Å². The van der Waals surface area contributed by atoms with Gasteiger partial charge in [-0.05, 0) is 61.6 Å². The molecule has 0 aliphatic carbocycles. The first-order valence-corrected chi connectivity index (χ1v) is 9.68. The van der Waals surface area contributed by atoms with E-state index in [1.165, 1.54) is 11.1 Å². The predicted molar refractivity (Wildman–Crippen MR) is 110 cm³/mol. The number of aryl methyl sites for hydroxylation is 1. The van der Waals surface area contributed by atoms with Crippen molar-refractivity contribution in [1.29, 1.82) is 0 Å². The molecule has 2 aromatic rings. The Morgan fingerprint density at radius 3 is 2.81 bits per heavy atom. The zero-order valence-corrected chi connectivity index (χ0v) is 16.2. The Morgan fingerprint density at radius 2 is 2.04 bits per heavy atom. The fraction of sp³-hybridized carbons (Fsp3) is 0.409. The average Bonchev–Trinajstić information content (AvgIpc) is 2.68. The molecule has 0 unspecified atom stereocenters. The lowest BCUT2D eigenvalue weighted by atomic mass is 10.0. The van der Waals surface area contributed by atoms with Crippen molar-refractivity contribution in [2.75, 3.05) is 31.6 Å². The third-order valence-corrected chi connectivity index (χ3v) is 4.80. The highest BCUT2D eigenvalue weighted by atomic mass is 16.5. The van der Waals surface area contributed by atoms with E-state index in [-0.39, 0.29) is 5.75 Å². The predicted octanol–water partition coefficient (Wildman–Crippen LogP) is 3.95. The average molecular weight is 367 g/mol. The summed E-state index contributed by atoms with van der Waals surface area (Å²) in [6, 6.07) is 14.0. The number of aromatic hydroxyl groups is 1. The number of hydrogen-bond donors (Lipinski definition) is 2. The molecule has 1 heterocycles. The lowest BCUT2D eigenvalue weighted by Gasteiger charge is -2.32. The van der Waals surface area contributed by atoms with Gasteiger partial charge in [-0.1, -0.05) is 24.3 Å². The molecule has 2 N–H and O–H groups in total. The number of nitrogens with zero attached hydrogens (tertiary/aromatic N) is 2. The SMILES string of the molecule is CCOCCCN=C(Nc1ccc(O)cc1C)N1CCc2ccccc2C1. The first-order chi connectivity index (χ1) is 13.2. The number of benzene rings is 2. The van der Waals surface area contributed by atoms with Gasteiger partial charge in [0, 0.05) is 38.5 Å². The number of fused-ring (bicyclic) bond motifs is 1. The molecule has 0 fully saturated rings. The standard InChI is InChI=1S/C22H29N3O2/c1-3-27-14-6-12-23-22(24-21-10-9-20(26)15-17(21)2)25-13-11-18-7-4-5-8-19(18)16-25/h4-5,7-10,15,26H,3,6,11-14,16H2,1-2H3,(H,23,24). The normalized spacial score (nSPS) is 14.1. The Balaban J connectivity index is 1.76. The number of aliphatic imine (C=N–C) groups is 1. The minimum absolute atomic E-state index is 0.278.